The maximum atomic E-state index is 11.8. The van der Waals surface area contributed by atoms with Gasteiger partial charge in [-0.05, 0) is 24.8 Å². The van der Waals surface area contributed by atoms with Gasteiger partial charge >= 0.3 is 0 Å². The Hall–Kier alpha value is -1.35. The average molecular weight is 246 g/mol. The molecule has 1 aromatic carbocycles. The molecule has 0 spiro atoms. The number of hydrogen-bond acceptors (Lipinski definition) is 2. The topological polar surface area (TPSA) is 41.1 Å². The summed E-state index contributed by atoms with van der Waals surface area (Å²) >= 11 is 0. The van der Waals surface area contributed by atoms with Crippen molar-refractivity contribution in [2.24, 2.45) is 0 Å². The third kappa shape index (κ3) is 4.15. The van der Waals surface area contributed by atoms with Gasteiger partial charge in [0.05, 0.1) is 6.04 Å². The molecule has 0 saturated heterocycles. The van der Waals surface area contributed by atoms with Crippen LogP contribution in [0, 0.1) is 0 Å². The van der Waals surface area contributed by atoms with Crippen molar-refractivity contribution in [2.45, 2.75) is 44.7 Å². The minimum absolute atomic E-state index is 0.138. The summed E-state index contributed by atoms with van der Waals surface area (Å²) in [5.41, 5.74) is 1.18. The highest BCUT2D eigenvalue weighted by atomic mass is 16.1. The van der Waals surface area contributed by atoms with Crippen molar-refractivity contribution < 1.29 is 4.79 Å². The zero-order chi connectivity index (χ0) is 12.8. The van der Waals surface area contributed by atoms with Crippen molar-refractivity contribution in [1.82, 2.24) is 10.6 Å². The van der Waals surface area contributed by atoms with Crippen LogP contribution in [0.15, 0.2) is 30.3 Å². The standard InChI is InChI=1S/C15H22N2O/c1-2-14(12-6-4-3-5-7-12)17-15(18)10-11-16-13-8-9-13/h3-7,13-14,16H,2,8-11H2,1H3,(H,17,18). The molecular weight excluding hydrogens is 224 g/mol. The lowest BCUT2D eigenvalue weighted by Gasteiger charge is -2.17. The van der Waals surface area contributed by atoms with Crippen molar-refractivity contribution >= 4 is 5.91 Å². The molecule has 0 aliphatic heterocycles. The Morgan fingerprint density at radius 1 is 1.33 bits per heavy atom. The minimum atomic E-state index is 0.138. The van der Waals surface area contributed by atoms with Crippen LogP contribution >= 0.6 is 0 Å². The van der Waals surface area contributed by atoms with Crippen molar-refractivity contribution in [3.8, 4) is 0 Å². The van der Waals surface area contributed by atoms with Crippen LogP contribution in [0.5, 0.6) is 0 Å². The lowest BCUT2D eigenvalue weighted by molar-refractivity contribution is -0.121. The van der Waals surface area contributed by atoms with Gasteiger partial charge in [-0.3, -0.25) is 4.79 Å². The first-order valence-electron chi connectivity index (χ1n) is 6.87. The first kappa shape index (κ1) is 13.1. The highest BCUT2D eigenvalue weighted by Crippen LogP contribution is 2.18. The molecule has 2 N–H and O–H groups in total. The van der Waals surface area contributed by atoms with E-state index in [1.54, 1.807) is 0 Å². The molecular formula is C15H22N2O. The Morgan fingerprint density at radius 2 is 2.06 bits per heavy atom. The van der Waals surface area contributed by atoms with Gasteiger partial charge in [0.25, 0.3) is 0 Å². The Bertz CT molecular complexity index is 373. The van der Waals surface area contributed by atoms with E-state index in [4.69, 9.17) is 0 Å². The number of hydrogen-bond donors (Lipinski definition) is 2. The van der Waals surface area contributed by atoms with E-state index in [2.05, 4.69) is 29.7 Å². The van der Waals surface area contributed by atoms with Crippen LogP contribution in [0.3, 0.4) is 0 Å². The van der Waals surface area contributed by atoms with Gasteiger partial charge in [-0.2, -0.15) is 0 Å². The molecule has 1 aliphatic rings. The number of carbonyl (C=O) groups excluding carboxylic acids is 1. The summed E-state index contributed by atoms with van der Waals surface area (Å²) in [6.07, 6.45) is 4.03. The van der Waals surface area contributed by atoms with E-state index in [-0.39, 0.29) is 11.9 Å². The highest BCUT2D eigenvalue weighted by molar-refractivity contribution is 5.76. The fourth-order valence-corrected chi connectivity index (χ4v) is 2.05. The SMILES string of the molecule is CCC(NC(=O)CCNC1CC1)c1ccccc1. The predicted octanol–water partition coefficient (Wildman–Crippen LogP) is 2.40. The van der Waals surface area contributed by atoms with Gasteiger partial charge in [0, 0.05) is 19.0 Å². The number of rotatable bonds is 7. The highest BCUT2D eigenvalue weighted by Gasteiger charge is 2.20. The van der Waals surface area contributed by atoms with E-state index in [0.717, 1.165) is 13.0 Å². The molecule has 3 nitrogen and oxygen atoms in total. The Kier molecular flexibility index (Phi) is 4.76. The number of benzene rings is 1. The maximum absolute atomic E-state index is 11.8. The third-order valence-electron chi connectivity index (χ3n) is 3.31. The Morgan fingerprint density at radius 3 is 2.67 bits per heavy atom. The molecule has 1 unspecified atom stereocenters. The fraction of sp³-hybridized carbons (Fsp3) is 0.533. The van der Waals surface area contributed by atoms with Crippen molar-refractivity contribution in [2.75, 3.05) is 6.54 Å². The molecule has 1 atom stereocenters. The van der Waals surface area contributed by atoms with E-state index in [1.807, 2.05) is 18.2 Å². The second kappa shape index (κ2) is 6.55. The quantitative estimate of drug-likeness (QED) is 0.775. The van der Waals surface area contributed by atoms with Gasteiger partial charge in [0.1, 0.15) is 0 Å². The number of nitrogens with one attached hydrogen (secondary N) is 2. The lowest BCUT2D eigenvalue weighted by atomic mass is 10.0. The van der Waals surface area contributed by atoms with Crippen LogP contribution in [-0.4, -0.2) is 18.5 Å². The molecule has 18 heavy (non-hydrogen) atoms. The lowest BCUT2D eigenvalue weighted by Crippen LogP contribution is -2.31. The average Bonchev–Trinajstić information content (AvgIpc) is 3.21. The van der Waals surface area contributed by atoms with Crippen LogP contribution in [0.1, 0.15) is 44.2 Å². The molecule has 0 aromatic heterocycles. The molecule has 1 aliphatic carbocycles. The molecule has 0 radical (unpaired) electrons. The molecule has 98 valence electrons. The zero-order valence-corrected chi connectivity index (χ0v) is 11.0. The van der Waals surface area contributed by atoms with Crippen LogP contribution < -0.4 is 10.6 Å². The van der Waals surface area contributed by atoms with Gasteiger partial charge in [0.2, 0.25) is 5.91 Å². The second-order valence-electron chi connectivity index (χ2n) is 4.92. The molecule has 0 heterocycles. The summed E-state index contributed by atoms with van der Waals surface area (Å²) in [7, 11) is 0. The van der Waals surface area contributed by atoms with Crippen LogP contribution in [0.2, 0.25) is 0 Å². The molecule has 1 fully saturated rings. The van der Waals surface area contributed by atoms with Gasteiger partial charge < -0.3 is 10.6 Å². The summed E-state index contributed by atoms with van der Waals surface area (Å²) in [5.74, 6) is 0.138. The third-order valence-corrected chi connectivity index (χ3v) is 3.31. The molecule has 1 saturated carbocycles. The number of amides is 1. The molecule has 3 heteroatoms. The monoisotopic (exact) mass is 246 g/mol. The van der Waals surface area contributed by atoms with Gasteiger partial charge in [-0.15, -0.1) is 0 Å². The molecule has 1 aromatic rings. The van der Waals surface area contributed by atoms with E-state index >= 15 is 0 Å². The predicted molar refractivity (Wildman–Crippen MR) is 73.3 cm³/mol. The van der Waals surface area contributed by atoms with Crippen LogP contribution in [-0.2, 0) is 4.79 Å². The fourth-order valence-electron chi connectivity index (χ4n) is 2.05. The molecule has 0 bridgehead atoms. The summed E-state index contributed by atoms with van der Waals surface area (Å²) in [4.78, 5) is 11.8. The smallest absolute Gasteiger partial charge is 0.221 e. The Labute approximate surface area is 109 Å². The van der Waals surface area contributed by atoms with Gasteiger partial charge in [-0.1, -0.05) is 37.3 Å². The van der Waals surface area contributed by atoms with Gasteiger partial charge in [-0.25, -0.2) is 0 Å². The Balaban J connectivity index is 1.76. The molecule has 2 rings (SSSR count). The zero-order valence-electron chi connectivity index (χ0n) is 11.0. The summed E-state index contributed by atoms with van der Waals surface area (Å²) in [6, 6.07) is 11.0. The van der Waals surface area contributed by atoms with Gasteiger partial charge in [0.15, 0.2) is 0 Å². The van der Waals surface area contributed by atoms with E-state index in [1.165, 1.54) is 18.4 Å². The minimum Gasteiger partial charge on any atom is -0.349 e. The summed E-state index contributed by atoms with van der Waals surface area (Å²) in [5, 5.41) is 6.46. The van der Waals surface area contributed by atoms with E-state index in [9.17, 15) is 4.79 Å². The van der Waals surface area contributed by atoms with Crippen molar-refractivity contribution in [3.05, 3.63) is 35.9 Å². The first-order chi connectivity index (χ1) is 8.79. The normalized spacial score (nSPS) is 16.3. The largest absolute Gasteiger partial charge is 0.349 e. The molecule has 1 amide bonds. The second-order valence-corrected chi connectivity index (χ2v) is 4.92. The summed E-state index contributed by atoms with van der Waals surface area (Å²) in [6.45, 7) is 2.89. The first-order valence-corrected chi connectivity index (χ1v) is 6.87. The summed E-state index contributed by atoms with van der Waals surface area (Å²) < 4.78 is 0. The number of carbonyl (C=O) groups is 1. The van der Waals surface area contributed by atoms with Crippen LogP contribution in [0.25, 0.3) is 0 Å². The van der Waals surface area contributed by atoms with Crippen molar-refractivity contribution in [3.63, 3.8) is 0 Å². The maximum Gasteiger partial charge on any atom is 0.221 e. The van der Waals surface area contributed by atoms with E-state index < -0.39 is 0 Å². The van der Waals surface area contributed by atoms with E-state index in [0.29, 0.717) is 12.5 Å². The van der Waals surface area contributed by atoms with Crippen LogP contribution in [0.4, 0.5) is 0 Å². The van der Waals surface area contributed by atoms with Crippen molar-refractivity contribution in [1.29, 1.82) is 0 Å².